The summed E-state index contributed by atoms with van der Waals surface area (Å²) in [5, 5.41) is 3.01. The zero-order chi connectivity index (χ0) is 23.2. The van der Waals surface area contributed by atoms with Crippen molar-refractivity contribution in [2.45, 2.75) is 19.5 Å². The lowest BCUT2D eigenvalue weighted by Crippen LogP contribution is -2.50. The van der Waals surface area contributed by atoms with E-state index in [-0.39, 0.29) is 18.1 Å². The molecule has 0 saturated carbocycles. The van der Waals surface area contributed by atoms with Crippen LogP contribution in [0, 0.1) is 0 Å². The fraction of sp³-hybridized carbons (Fsp3) is 0.333. The molecule has 0 radical (unpaired) electrons. The maximum absolute atomic E-state index is 13.3. The lowest BCUT2D eigenvalue weighted by Gasteiger charge is -2.31. The van der Waals surface area contributed by atoms with E-state index >= 15 is 0 Å². The second kappa shape index (κ2) is 10.5. The predicted molar refractivity (Wildman–Crippen MR) is 121 cm³/mol. The van der Waals surface area contributed by atoms with Gasteiger partial charge in [-0.25, -0.2) is 8.42 Å². The standard InChI is InChI=1S/C21H26ClN3O5S/c1-15(21(27)23-2)24(13-16-7-5-8-17(22)11-16)20(26)14-25(31(4,28)29)18-9-6-10-19(12-18)30-3/h5-12,15H,13-14H2,1-4H3,(H,23,27)/t15-/m1/s1. The van der Waals surface area contributed by atoms with Gasteiger partial charge in [0.15, 0.2) is 0 Å². The monoisotopic (exact) mass is 467 g/mol. The Kier molecular flexibility index (Phi) is 8.29. The minimum atomic E-state index is -3.79. The molecule has 0 fully saturated rings. The molecular formula is C21H26ClN3O5S. The van der Waals surface area contributed by atoms with Gasteiger partial charge in [0.2, 0.25) is 21.8 Å². The first-order valence-corrected chi connectivity index (χ1v) is 11.7. The number of benzene rings is 2. The Morgan fingerprint density at radius 3 is 2.42 bits per heavy atom. The van der Waals surface area contributed by atoms with Crippen LogP contribution in [0.1, 0.15) is 12.5 Å². The van der Waals surface area contributed by atoms with Crippen LogP contribution in [-0.4, -0.2) is 58.1 Å². The molecule has 0 aliphatic rings. The van der Waals surface area contributed by atoms with Crippen LogP contribution in [-0.2, 0) is 26.2 Å². The van der Waals surface area contributed by atoms with Gasteiger partial charge in [0, 0.05) is 24.7 Å². The summed E-state index contributed by atoms with van der Waals surface area (Å²) in [4.78, 5) is 26.8. The summed E-state index contributed by atoms with van der Waals surface area (Å²) in [5.41, 5.74) is 0.995. The molecule has 31 heavy (non-hydrogen) atoms. The minimum Gasteiger partial charge on any atom is -0.497 e. The third kappa shape index (κ3) is 6.60. The van der Waals surface area contributed by atoms with Crippen LogP contribution in [0.3, 0.4) is 0 Å². The van der Waals surface area contributed by atoms with Crippen molar-refractivity contribution in [2.24, 2.45) is 0 Å². The molecule has 1 atom stereocenters. The molecule has 0 aromatic heterocycles. The number of anilines is 1. The molecule has 2 amide bonds. The van der Waals surface area contributed by atoms with Gasteiger partial charge in [-0.3, -0.25) is 13.9 Å². The van der Waals surface area contributed by atoms with Crippen LogP contribution in [0.4, 0.5) is 5.69 Å². The Morgan fingerprint density at radius 2 is 1.84 bits per heavy atom. The Hall–Kier alpha value is -2.78. The van der Waals surface area contributed by atoms with Gasteiger partial charge in [-0.2, -0.15) is 0 Å². The number of carbonyl (C=O) groups is 2. The normalized spacial score (nSPS) is 12.0. The number of sulfonamides is 1. The van der Waals surface area contributed by atoms with Gasteiger partial charge in [-0.05, 0) is 36.8 Å². The van der Waals surface area contributed by atoms with Gasteiger partial charge in [0.25, 0.3) is 0 Å². The van der Waals surface area contributed by atoms with Crippen LogP contribution in [0.2, 0.25) is 5.02 Å². The number of hydrogen-bond acceptors (Lipinski definition) is 5. The van der Waals surface area contributed by atoms with E-state index < -0.39 is 28.5 Å². The second-order valence-corrected chi connectivity index (χ2v) is 9.26. The summed E-state index contributed by atoms with van der Waals surface area (Å²) < 4.78 is 31.1. The van der Waals surface area contributed by atoms with Crippen molar-refractivity contribution in [1.82, 2.24) is 10.2 Å². The highest BCUT2D eigenvalue weighted by Gasteiger charge is 2.29. The molecule has 0 aliphatic heterocycles. The van der Waals surface area contributed by atoms with E-state index in [0.29, 0.717) is 16.3 Å². The van der Waals surface area contributed by atoms with Crippen molar-refractivity contribution in [1.29, 1.82) is 0 Å². The van der Waals surface area contributed by atoms with Crippen LogP contribution >= 0.6 is 11.6 Å². The topological polar surface area (TPSA) is 96.0 Å². The molecule has 0 heterocycles. The Balaban J connectivity index is 2.39. The van der Waals surface area contributed by atoms with Crippen LogP contribution < -0.4 is 14.4 Å². The zero-order valence-electron chi connectivity index (χ0n) is 17.8. The Morgan fingerprint density at radius 1 is 1.16 bits per heavy atom. The number of hydrogen-bond donors (Lipinski definition) is 1. The summed E-state index contributed by atoms with van der Waals surface area (Å²) in [6.45, 7) is 1.19. The lowest BCUT2D eigenvalue weighted by molar-refractivity contribution is -0.139. The first-order chi connectivity index (χ1) is 14.6. The molecule has 0 spiro atoms. The number of carbonyl (C=O) groups excluding carboxylic acids is 2. The molecule has 0 saturated heterocycles. The van der Waals surface area contributed by atoms with Crippen LogP contribution in [0.15, 0.2) is 48.5 Å². The molecule has 0 aliphatic carbocycles. The molecule has 2 rings (SSSR count). The Labute approximate surface area is 187 Å². The number of rotatable bonds is 9. The number of ether oxygens (including phenoxy) is 1. The summed E-state index contributed by atoms with van der Waals surface area (Å²) in [6, 6.07) is 12.5. The first-order valence-electron chi connectivity index (χ1n) is 9.44. The predicted octanol–water partition coefficient (Wildman–Crippen LogP) is 2.28. The quantitative estimate of drug-likeness (QED) is 0.610. The molecule has 0 bridgehead atoms. The molecule has 168 valence electrons. The van der Waals surface area contributed by atoms with Crippen molar-refractivity contribution >= 4 is 39.1 Å². The highest BCUT2D eigenvalue weighted by atomic mass is 35.5. The third-order valence-corrected chi connectivity index (χ3v) is 6.05. The van der Waals surface area contributed by atoms with E-state index in [1.54, 1.807) is 49.4 Å². The highest BCUT2D eigenvalue weighted by Crippen LogP contribution is 2.24. The maximum atomic E-state index is 13.3. The number of amides is 2. The fourth-order valence-corrected chi connectivity index (χ4v) is 4.06. The minimum absolute atomic E-state index is 0.0870. The van der Waals surface area contributed by atoms with E-state index in [4.69, 9.17) is 16.3 Å². The van der Waals surface area contributed by atoms with Gasteiger partial charge in [0.05, 0.1) is 19.1 Å². The SMILES string of the molecule is CNC(=O)[C@@H](C)N(Cc1cccc(Cl)c1)C(=O)CN(c1cccc(OC)c1)S(C)(=O)=O. The maximum Gasteiger partial charge on any atom is 0.244 e. The van der Waals surface area contributed by atoms with E-state index in [2.05, 4.69) is 5.32 Å². The van der Waals surface area contributed by atoms with Crippen molar-refractivity contribution in [3.05, 3.63) is 59.1 Å². The van der Waals surface area contributed by atoms with E-state index in [1.807, 2.05) is 0 Å². The number of likely N-dealkylation sites (N-methyl/N-ethyl adjacent to an activating group) is 1. The van der Waals surface area contributed by atoms with Crippen molar-refractivity contribution in [3.63, 3.8) is 0 Å². The molecule has 2 aromatic rings. The molecular weight excluding hydrogens is 442 g/mol. The van der Waals surface area contributed by atoms with Crippen LogP contribution in [0.5, 0.6) is 5.75 Å². The zero-order valence-corrected chi connectivity index (χ0v) is 19.4. The van der Waals surface area contributed by atoms with Gasteiger partial charge in [-0.1, -0.05) is 29.8 Å². The molecule has 2 aromatic carbocycles. The van der Waals surface area contributed by atoms with Crippen LogP contribution in [0.25, 0.3) is 0 Å². The molecule has 1 N–H and O–H groups in total. The third-order valence-electron chi connectivity index (χ3n) is 4.68. The van der Waals surface area contributed by atoms with E-state index in [0.717, 1.165) is 10.6 Å². The number of methoxy groups -OCH3 is 1. The number of halogens is 1. The van der Waals surface area contributed by atoms with Gasteiger partial charge < -0.3 is 15.0 Å². The summed E-state index contributed by atoms with van der Waals surface area (Å²) >= 11 is 6.05. The Bertz CT molecular complexity index is 1040. The molecule has 0 unspecified atom stereocenters. The van der Waals surface area contributed by atoms with Gasteiger partial charge >= 0.3 is 0 Å². The van der Waals surface area contributed by atoms with E-state index in [1.165, 1.54) is 25.1 Å². The van der Waals surface area contributed by atoms with Gasteiger partial charge in [-0.15, -0.1) is 0 Å². The lowest BCUT2D eigenvalue weighted by atomic mass is 10.1. The van der Waals surface area contributed by atoms with Gasteiger partial charge in [0.1, 0.15) is 18.3 Å². The second-order valence-electron chi connectivity index (χ2n) is 6.91. The largest absolute Gasteiger partial charge is 0.497 e. The molecule has 10 heteroatoms. The average molecular weight is 468 g/mol. The summed E-state index contributed by atoms with van der Waals surface area (Å²) in [5.74, 6) is -0.458. The van der Waals surface area contributed by atoms with Crippen molar-refractivity contribution in [2.75, 3.05) is 31.3 Å². The van der Waals surface area contributed by atoms with Crippen molar-refractivity contribution < 1.29 is 22.7 Å². The number of nitrogens with one attached hydrogen (secondary N) is 1. The smallest absolute Gasteiger partial charge is 0.244 e. The summed E-state index contributed by atoms with van der Waals surface area (Å²) in [7, 11) is -0.857. The molecule has 8 nitrogen and oxygen atoms in total. The first kappa shape index (κ1) is 24.5. The fourth-order valence-electron chi connectivity index (χ4n) is 3.00. The van der Waals surface area contributed by atoms with E-state index in [9.17, 15) is 18.0 Å². The summed E-state index contributed by atoms with van der Waals surface area (Å²) in [6.07, 6.45) is 1.02. The van der Waals surface area contributed by atoms with Crippen molar-refractivity contribution in [3.8, 4) is 5.75 Å². The average Bonchev–Trinajstić information content (AvgIpc) is 2.73. The number of nitrogens with zero attached hydrogens (tertiary/aromatic N) is 2. The highest BCUT2D eigenvalue weighted by molar-refractivity contribution is 7.92.